The Labute approximate surface area is 138 Å². The number of carbonyl (C=O) groups excluding carboxylic acids is 1. The number of ether oxygens (including phenoxy) is 1. The number of nitrogens with zero attached hydrogens (tertiary/aromatic N) is 4. The van der Waals surface area contributed by atoms with Crippen LogP contribution in [0.4, 0.5) is 19.4 Å². The summed E-state index contributed by atoms with van der Waals surface area (Å²) < 4.78 is 31.0. The Hall–Kier alpha value is -2.51. The molecular weight excluding hydrogens is 318 g/mol. The maximum Gasteiger partial charge on any atom is 0.409 e. The molecule has 1 fully saturated rings. The monoisotopic (exact) mass is 336 g/mol. The number of benzene rings is 1. The number of hydrogen-bond acceptors (Lipinski definition) is 5. The van der Waals surface area contributed by atoms with E-state index < -0.39 is 12.2 Å². The lowest BCUT2D eigenvalue weighted by molar-refractivity contribution is 0.126. The van der Waals surface area contributed by atoms with Gasteiger partial charge in [0.25, 0.3) is 6.43 Å². The minimum absolute atomic E-state index is 0.377. The Bertz CT molecular complexity index is 741. The second-order valence-electron chi connectivity index (χ2n) is 5.52. The predicted octanol–water partition coefficient (Wildman–Crippen LogP) is 2.85. The van der Waals surface area contributed by atoms with Gasteiger partial charge in [0, 0.05) is 31.6 Å². The van der Waals surface area contributed by atoms with E-state index in [-0.39, 0.29) is 6.09 Å². The largest absolute Gasteiger partial charge is 0.453 e. The van der Waals surface area contributed by atoms with Crippen LogP contribution in [0.25, 0.3) is 10.9 Å². The molecule has 0 spiro atoms. The number of rotatable bonds is 2. The summed E-state index contributed by atoms with van der Waals surface area (Å²) in [5, 5.41) is 0.730. The highest BCUT2D eigenvalue weighted by Crippen LogP contribution is 2.27. The zero-order valence-electron chi connectivity index (χ0n) is 13.3. The standard InChI is InChI=1S/C16H18F2N4O2/c1-24-16(23)22-8-4-7-21(9-10-22)15-11-5-2-3-6-12(11)19-14(20-15)13(17)18/h2-3,5-6,13H,4,7-10H2,1H3. The van der Waals surface area contributed by atoms with Gasteiger partial charge in [0.15, 0.2) is 5.82 Å². The zero-order valence-corrected chi connectivity index (χ0v) is 13.3. The van der Waals surface area contributed by atoms with Gasteiger partial charge < -0.3 is 14.5 Å². The summed E-state index contributed by atoms with van der Waals surface area (Å²) in [6.45, 7) is 2.14. The van der Waals surface area contributed by atoms with Gasteiger partial charge in [0.2, 0.25) is 0 Å². The van der Waals surface area contributed by atoms with Crippen LogP contribution >= 0.6 is 0 Å². The van der Waals surface area contributed by atoms with Crippen LogP contribution in [0, 0.1) is 0 Å². The van der Waals surface area contributed by atoms with E-state index >= 15 is 0 Å². The number of alkyl halides is 2. The molecule has 6 nitrogen and oxygen atoms in total. The van der Waals surface area contributed by atoms with E-state index in [1.165, 1.54) is 7.11 Å². The summed E-state index contributed by atoms with van der Waals surface area (Å²) in [7, 11) is 1.35. The van der Waals surface area contributed by atoms with Crippen molar-refractivity contribution in [2.24, 2.45) is 0 Å². The summed E-state index contributed by atoms with van der Waals surface area (Å²) in [5.41, 5.74) is 0.492. The van der Waals surface area contributed by atoms with Crippen molar-refractivity contribution in [3.05, 3.63) is 30.1 Å². The van der Waals surface area contributed by atoms with E-state index in [0.29, 0.717) is 43.9 Å². The maximum atomic E-state index is 13.1. The molecule has 0 N–H and O–H groups in total. The first-order valence-corrected chi connectivity index (χ1v) is 7.73. The van der Waals surface area contributed by atoms with Gasteiger partial charge in [0.05, 0.1) is 12.6 Å². The third-order valence-corrected chi connectivity index (χ3v) is 4.02. The smallest absolute Gasteiger partial charge is 0.409 e. The molecule has 0 bridgehead atoms. The molecule has 3 rings (SSSR count). The van der Waals surface area contributed by atoms with Gasteiger partial charge in [0.1, 0.15) is 5.82 Å². The molecule has 0 atom stereocenters. The SMILES string of the molecule is COC(=O)N1CCCN(c2nc(C(F)F)nc3ccccc23)CC1. The van der Waals surface area contributed by atoms with Gasteiger partial charge in [-0.05, 0) is 18.6 Å². The number of halogens is 2. The number of anilines is 1. The molecule has 1 amide bonds. The molecule has 1 aromatic heterocycles. The molecular formula is C16H18F2N4O2. The number of fused-ring (bicyclic) bond motifs is 1. The van der Waals surface area contributed by atoms with E-state index in [1.54, 1.807) is 17.0 Å². The predicted molar refractivity (Wildman–Crippen MR) is 85.3 cm³/mol. The average molecular weight is 336 g/mol. The molecule has 128 valence electrons. The summed E-state index contributed by atoms with van der Waals surface area (Å²) in [4.78, 5) is 23.2. The number of carbonyl (C=O) groups is 1. The molecule has 8 heteroatoms. The van der Waals surface area contributed by atoms with Gasteiger partial charge in [-0.3, -0.25) is 0 Å². The molecule has 2 aromatic rings. The molecule has 0 radical (unpaired) electrons. The van der Waals surface area contributed by atoms with Crippen molar-refractivity contribution in [2.75, 3.05) is 38.2 Å². The average Bonchev–Trinajstić information content (AvgIpc) is 2.86. The Morgan fingerprint density at radius 3 is 2.71 bits per heavy atom. The van der Waals surface area contributed by atoms with Crippen LogP contribution in [-0.2, 0) is 4.74 Å². The lowest BCUT2D eigenvalue weighted by Gasteiger charge is -2.24. The van der Waals surface area contributed by atoms with Crippen LogP contribution in [0.15, 0.2) is 24.3 Å². The van der Waals surface area contributed by atoms with E-state index in [4.69, 9.17) is 4.74 Å². The van der Waals surface area contributed by atoms with Gasteiger partial charge in [-0.1, -0.05) is 12.1 Å². The fraction of sp³-hybridized carbons (Fsp3) is 0.438. The van der Waals surface area contributed by atoms with Crippen LogP contribution in [0.1, 0.15) is 18.7 Å². The first-order valence-electron chi connectivity index (χ1n) is 7.73. The van der Waals surface area contributed by atoms with E-state index in [0.717, 1.165) is 5.39 Å². The van der Waals surface area contributed by atoms with Gasteiger partial charge >= 0.3 is 6.09 Å². The topological polar surface area (TPSA) is 58.6 Å². The van der Waals surface area contributed by atoms with Crippen LogP contribution in [-0.4, -0.2) is 54.2 Å². The number of aromatic nitrogens is 2. The lowest BCUT2D eigenvalue weighted by atomic mass is 10.2. The summed E-state index contributed by atoms with van der Waals surface area (Å²) in [6, 6.07) is 7.11. The molecule has 0 aliphatic carbocycles. The number of amides is 1. The molecule has 0 unspecified atom stereocenters. The van der Waals surface area contributed by atoms with Crippen molar-refractivity contribution in [3.63, 3.8) is 0 Å². The Morgan fingerprint density at radius 2 is 1.96 bits per heavy atom. The quantitative estimate of drug-likeness (QED) is 0.844. The summed E-state index contributed by atoms with van der Waals surface area (Å²) in [5.74, 6) is 0.0142. The fourth-order valence-electron chi connectivity index (χ4n) is 2.86. The zero-order chi connectivity index (χ0) is 17.1. The highest BCUT2D eigenvalue weighted by Gasteiger charge is 2.23. The second-order valence-corrected chi connectivity index (χ2v) is 5.52. The summed E-state index contributed by atoms with van der Waals surface area (Å²) >= 11 is 0. The van der Waals surface area contributed by atoms with Crippen LogP contribution in [0.2, 0.25) is 0 Å². The molecule has 1 aliphatic heterocycles. The van der Waals surface area contributed by atoms with Gasteiger partial charge in [-0.15, -0.1) is 0 Å². The third-order valence-electron chi connectivity index (χ3n) is 4.02. The Morgan fingerprint density at radius 1 is 1.17 bits per heavy atom. The highest BCUT2D eigenvalue weighted by atomic mass is 19.3. The Kier molecular flexibility index (Phi) is 4.73. The van der Waals surface area contributed by atoms with Crippen molar-refractivity contribution in [1.82, 2.24) is 14.9 Å². The Balaban J connectivity index is 1.94. The molecule has 2 heterocycles. The minimum atomic E-state index is -2.73. The number of hydrogen-bond donors (Lipinski definition) is 0. The first kappa shape index (κ1) is 16.4. The van der Waals surface area contributed by atoms with Crippen LogP contribution < -0.4 is 4.90 Å². The molecule has 1 aliphatic rings. The number of methoxy groups -OCH3 is 1. The van der Waals surface area contributed by atoms with Crippen molar-refractivity contribution in [3.8, 4) is 0 Å². The van der Waals surface area contributed by atoms with Gasteiger partial charge in [-0.2, -0.15) is 0 Å². The fourth-order valence-corrected chi connectivity index (χ4v) is 2.86. The van der Waals surface area contributed by atoms with Gasteiger partial charge in [-0.25, -0.2) is 23.5 Å². The normalized spacial score (nSPS) is 15.7. The van der Waals surface area contributed by atoms with Crippen molar-refractivity contribution in [1.29, 1.82) is 0 Å². The van der Waals surface area contributed by atoms with Crippen molar-refractivity contribution >= 4 is 22.8 Å². The highest BCUT2D eigenvalue weighted by molar-refractivity contribution is 5.89. The third kappa shape index (κ3) is 3.22. The van der Waals surface area contributed by atoms with Crippen LogP contribution in [0.5, 0.6) is 0 Å². The summed E-state index contributed by atoms with van der Waals surface area (Å²) in [6.07, 6.45) is -2.40. The van der Waals surface area contributed by atoms with Crippen LogP contribution in [0.3, 0.4) is 0 Å². The van der Waals surface area contributed by atoms with E-state index in [2.05, 4.69) is 9.97 Å². The molecule has 0 saturated carbocycles. The van der Waals surface area contributed by atoms with Crippen molar-refractivity contribution in [2.45, 2.75) is 12.8 Å². The second kappa shape index (κ2) is 6.94. The van der Waals surface area contributed by atoms with E-state index in [9.17, 15) is 13.6 Å². The maximum absolute atomic E-state index is 13.1. The number of para-hydroxylation sites is 1. The molecule has 1 aromatic carbocycles. The van der Waals surface area contributed by atoms with E-state index in [1.807, 2.05) is 17.0 Å². The first-order chi connectivity index (χ1) is 11.6. The minimum Gasteiger partial charge on any atom is -0.453 e. The van der Waals surface area contributed by atoms with Crippen molar-refractivity contribution < 1.29 is 18.3 Å². The lowest BCUT2D eigenvalue weighted by Crippen LogP contribution is -2.35. The molecule has 24 heavy (non-hydrogen) atoms. The molecule has 1 saturated heterocycles.